The Morgan fingerprint density at radius 1 is 1.09 bits per heavy atom. The molecule has 3 aromatic rings. The maximum Gasteiger partial charge on any atom is 0.191 e. The van der Waals surface area contributed by atoms with E-state index in [4.69, 9.17) is 4.98 Å². The Morgan fingerprint density at radius 2 is 1.88 bits per heavy atom. The molecule has 10 heteroatoms. The van der Waals surface area contributed by atoms with E-state index in [1.807, 2.05) is 0 Å². The molecular formula is C22H28N6O3S. The summed E-state index contributed by atoms with van der Waals surface area (Å²) in [7, 11) is 0. The summed E-state index contributed by atoms with van der Waals surface area (Å²) in [5, 5.41) is 43.1. The normalized spacial score (nSPS) is 29.5. The third kappa shape index (κ3) is 3.96. The second-order valence-electron chi connectivity index (χ2n) is 8.76. The minimum absolute atomic E-state index is 0.184. The van der Waals surface area contributed by atoms with Crippen molar-refractivity contribution in [3.63, 3.8) is 0 Å². The van der Waals surface area contributed by atoms with E-state index in [1.165, 1.54) is 15.8 Å². The van der Waals surface area contributed by atoms with Crippen LogP contribution in [0.5, 0.6) is 0 Å². The Balaban J connectivity index is 1.45. The van der Waals surface area contributed by atoms with Gasteiger partial charge in [0, 0.05) is 24.1 Å². The topological polar surface area (TPSA) is 129 Å². The number of nitrogens with one attached hydrogen (secondary N) is 1. The molecule has 2 aliphatic rings. The lowest BCUT2D eigenvalue weighted by molar-refractivity contribution is -0.0253. The minimum atomic E-state index is -1.21. The van der Waals surface area contributed by atoms with Crippen molar-refractivity contribution in [2.75, 3.05) is 11.1 Å². The molecule has 0 amide bonds. The van der Waals surface area contributed by atoms with E-state index in [-0.39, 0.29) is 12.5 Å². The van der Waals surface area contributed by atoms with Crippen molar-refractivity contribution in [2.24, 2.45) is 0 Å². The number of benzene rings is 1. The third-order valence-corrected chi connectivity index (χ3v) is 7.35. The summed E-state index contributed by atoms with van der Waals surface area (Å²) in [5.74, 6) is 1.93. The number of aromatic nitrogens is 5. The summed E-state index contributed by atoms with van der Waals surface area (Å²) in [4.78, 5) is 9.37. The largest absolute Gasteiger partial charge is 0.390 e. The first-order valence-corrected chi connectivity index (χ1v) is 12.1. The molecule has 0 spiro atoms. The van der Waals surface area contributed by atoms with Gasteiger partial charge in [0.25, 0.3) is 0 Å². The summed E-state index contributed by atoms with van der Waals surface area (Å²) in [5.41, 5.74) is 3.58. The van der Waals surface area contributed by atoms with Crippen molar-refractivity contribution in [3.05, 3.63) is 35.4 Å². The standard InChI is InChI=1S/C22H28N6O3S/c1-3-8-32-22-24-20(23-14-9-13(14)12-6-4-11(2)5-7-12)17-21(25-22)28(27-26-17)15-10-16(29)19(31)18(15)30/h4-7,13-16,18-19,29-31H,3,8-10H2,1-2H3,(H,23,24,25)/t13?,14?,15-,16+,18+,19-/m1/s1. The fourth-order valence-corrected chi connectivity index (χ4v) is 5.02. The summed E-state index contributed by atoms with van der Waals surface area (Å²) in [6.07, 6.45) is -1.17. The molecule has 2 fully saturated rings. The molecule has 0 radical (unpaired) electrons. The molecule has 5 rings (SSSR count). The molecule has 32 heavy (non-hydrogen) atoms. The first-order chi connectivity index (χ1) is 15.5. The second-order valence-corrected chi connectivity index (χ2v) is 9.83. The van der Waals surface area contributed by atoms with Crippen LogP contribution < -0.4 is 5.32 Å². The van der Waals surface area contributed by atoms with Crippen molar-refractivity contribution in [1.29, 1.82) is 0 Å². The smallest absolute Gasteiger partial charge is 0.191 e. The molecule has 0 aliphatic heterocycles. The van der Waals surface area contributed by atoms with Gasteiger partial charge in [-0.1, -0.05) is 53.7 Å². The van der Waals surface area contributed by atoms with Crippen LogP contribution in [0.4, 0.5) is 5.82 Å². The van der Waals surface area contributed by atoms with Crippen molar-refractivity contribution in [2.45, 2.75) is 74.6 Å². The molecule has 9 nitrogen and oxygen atoms in total. The Bertz CT molecular complexity index is 1110. The van der Waals surface area contributed by atoms with Gasteiger partial charge in [-0.3, -0.25) is 0 Å². The van der Waals surface area contributed by atoms with Gasteiger partial charge in [0.2, 0.25) is 0 Å². The predicted octanol–water partition coefficient (Wildman–Crippen LogP) is 2.03. The second kappa shape index (κ2) is 8.58. The fourth-order valence-electron chi connectivity index (χ4n) is 4.33. The number of thioether (sulfide) groups is 1. The van der Waals surface area contributed by atoms with E-state index in [0.29, 0.717) is 28.1 Å². The summed E-state index contributed by atoms with van der Waals surface area (Å²) in [6, 6.07) is 8.27. The Hall–Kier alpha value is -2.27. The number of hydrogen-bond acceptors (Lipinski definition) is 9. The highest BCUT2D eigenvalue weighted by Crippen LogP contribution is 2.43. The van der Waals surface area contributed by atoms with Crippen LogP contribution in [0.25, 0.3) is 11.2 Å². The number of nitrogens with zero attached hydrogens (tertiary/aromatic N) is 5. The van der Waals surface area contributed by atoms with E-state index in [1.54, 1.807) is 11.8 Å². The van der Waals surface area contributed by atoms with E-state index in [0.717, 1.165) is 18.6 Å². The number of aliphatic hydroxyl groups is 3. The van der Waals surface area contributed by atoms with Gasteiger partial charge in [0.05, 0.1) is 12.1 Å². The molecule has 2 saturated carbocycles. The highest BCUT2D eigenvalue weighted by atomic mass is 32.2. The quantitative estimate of drug-likeness (QED) is 0.312. The number of fused-ring (bicyclic) bond motifs is 1. The molecular weight excluding hydrogens is 428 g/mol. The number of aliphatic hydroxyl groups excluding tert-OH is 3. The zero-order valence-electron chi connectivity index (χ0n) is 18.1. The highest BCUT2D eigenvalue weighted by Gasteiger charge is 2.43. The van der Waals surface area contributed by atoms with Crippen LogP contribution in [-0.2, 0) is 0 Å². The average Bonchev–Trinajstić information content (AvgIpc) is 3.34. The number of anilines is 1. The minimum Gasteiger partial charge on any atom is -0.390 e. The molecule has 2 aromatic heterocycles. The fraction of sp³-hybridized carbons (Fsp3) is 0.545. The molecule has 0 bridgehead atoms. The van der Waals surface area contributed by atoms with Gasteiger partial charge in [-0.25, -0.2) is 14.6 Å². The predicted molar refractivity (Wildman–Crippen MR) is 122 cm³/mol. The van der Waals surface area contributed by atoms with Gasteiger partial charge in [-0.15, -0.1) is 5.10 Å². The van der Waals surface area contributed by atoms with Crippen LogP contribution in [0.2, 0.25) is 0 Å². The van der Waals surface area contributed by atoms with Gasteiger partial charge >= 0.3 is 0 Å². The molecule has 1 aromatic carbocycles. The van der Waals surface area contributed by atoms with Crippen LogP contribution >= 0.6 is 11.8 Å². The van der Waals surface area contributed by atoms with E-state index < -0.39 is 24.4 Å². The van der Waals surface area contributed by atoms with E-state index in [9.17, 15) is 15.3 Å². The van der Waals surface area contributed by atoms with Crippen LogP contribution in [0.3, 0.4) is 0 Å². The number of aryl methyl sites for hydroxylation is 1. The van der Waals surface area contributed by atoms with Crippen LogP contribution in [0, 0.1) is 6.92 Å². The molecule has 6 atom stereocenters. The first kappa shape index (κ1) is 21.6. The molecule has 2 unspecified atom stereocenters. The molecule has 4 N–H and O–H groups in total. The lowest BCUT2D eigenvalue weighted by atomic mass is 10.1. The maximum atomic E-state index is 10.4. The Kier molecular flexibility index (Phi) is 5.79. The summed E-state index contributed by atoms with van der Waals surface area (Å²) in [6.45, 7) is 4.19. The Labute approximate surface area is 190 Å². The van der Waals surface area contributed by atoms with Crippen molar-refractivity contribution >= 4 is 28.7 Å². The first-order valence-electron chi connectivity index (χ1n) is 11.1. The monoisotopic (exact) mass is 456 g/mol. The van der Waals surface area contributed by atoms with Crippen LogP contribution in [-0.4, -0.2) is 70.4 Å². The highest BCUT2D eigenvalue weighted by molar-refractivity contribution is 7.99. The maximum absolute atomic E-state index is 10.4. The summed E-state index contributed by atoms with van der Waals surface area (Å²) >= 11 is 1.56. The lowest BCUT2D eigenvalue weighted by Crippen LogP contribution is -2.31. The zero-order chi connectivity index (χ0) is 22.4. The van der Waals surface area contributed by atoms with Gasteiger partial charge in [-0.05, 0) is 25.3 Å². The van der Waals surface area contributed by atoms with E-state index >= 15 is 0 Å². The van der Waals surface area contributed by atoms with Crippen molar-refractivity contribution < 1.29 is 15.3 Å². The third-order valence-electron chi connectivity index (χ3n) is 6.29. The van der Waals surface area contributed by atoms with Crippen molar-refractivity contribution in [3.8, 4) is 0 Å². The van der Waals surface area contributed by atoms with Crippen LogP contribution in [0.15, 0.2) is 29.4 Å². The SMILES string of the molecule is CCCSc1nc(NC2CC2c2ccc(C)cc2)c2nnn([C@@H]3C[C@H](O)[C@@H](O)[C@H]3O)c2n1. The van der Waals surface area contributed by atoms with Gasteiger partial charge < -0.3 is 20.6 Å². The molecule has 170 valence electrons. The van der Waals surface area contributed by atoms with Gasteiger partial charge in [0.1, 0.15) is 12.2 Å². The summed E-state index contributed by atoms with van der Waals surface area (Å²) < 4.78 is 1.52. The number of hydrogen-bond donors (Lipinski definition) is 4. The van der Waals surface area contributed by atoms with Crippen LogP contribution in [0.1, 0.15) is 49.3 Å². The number of rotatable bonds is 7. The van der Waals surface area contributed by atoms with E-state index in [2.05, 4.69) is 58.7 Å². The molecule has 0 saturated heterocycles. The van der Waals surface area contributed by atoms with Gasteiger partial charge in [-0.2, -0.15) is 0 Å². The van der Waals surface area contributed by atoms with Gasteiger partial charge in [0.15, 0.2) is 22.1 Å². The van der Waals surface area contributed by atoms with Crippen molar-refractivity contribution in [1.82, 2.24) is 25.0 Å². The molecule has 2 aliphatic carbocycles. The average molecular weight is 457 g/mol. The zero-order valence-corrected chi connectivity index (χ0v) is 18.9. The molecule has 2 heterocycles. The lowest BCUT2D eigenvalue weighted by Gasteiger charge is -2.16. The Morgan fingerprint density at radius 3 is 2.56 bits per heavy atom.